The van der Waals surface area contributed by atoms with Crippen molar-refractivity contribution in [2.45, 2.75) is 32.5 Å². The topological polar surface area (TPSA) is 42.4 Å². The second kappa shape index (κ2) is 10.5. The Balaban J connectivity index is 1.13. The van der Waals surface area contributed by atoms with Gasteiger partial charge in [-0.1, -0.05) is 78.4 Å². The lowest BCUT2D eigenvalue weighted by Gasteiger charge is -2.43. The van der Waals surface area contributed by atoms with Crippen molar-refractivity contribution >= 4 is 23.0 Å². The average Bonchev–Trinajstić information content (AvgIpc) is 3.26. The molecule has 3 aliphatic rings. The van der Waals surface area contributed by atoms with Crippen molar-refractivity contribution in [1.82, 2.24) is 14.8 Å². The molecule has 0 N–H and O–H groups in total. The van der Waals surface area contributed by atoms with Crippen molar-refractivity contribution in [1.29, 1.82) is 0 Å². The Hall–Kier alpha value is -3.90. The average molecular weight is 506 g/mol. The molecule has 1 saturated heterocycles. The van der Waals surface area contributed by atoms with Gasteiger partial charge in [-0.2, -0.15) is 5.10 Å². The molecule has 3 aromatic carbocycles. The van der Waals surface area contributed by atoms with Gasteiger partial charge in [0.2, 0.25) is 6.29 Å². The van der Waals surface area contributed by atoms with Crippen molar-refractivity contribution in [3.05, 3.63) is 107 Å². The highest BCUT2D eigenvalue weighted by Gasteiger charge is 2.43. The first-order valence-electron chi connectivity index (χ1n) is 13.6. The van der Waals surface area contributed by atoms with Crippen LogP contribution in [-0.4, -0.2) is 66.1 Å². The molecule has 0 aliphatic carbocycles. The van der Waals surface area contributed by atoms with Crippen LogP contribution >= 0.6 is 0 Å². The number of amides is 1. The summed E-state index contributed by atoms with van der Waals surface area (Å²) in [5.41, 5.74) is 7.24. The van der Waals surface area contributed by atoms with Crippen LogP contribution < -0.4 is 4.90 Å². The third kappa shape index (κ3) is 4.50. The lowest BCUT2D eigenvalue weighted by Crippen LogP contribution is -2.59. The Labute approximate surface area is 225 Å². The van der Waals surface area contributed by atoms with Crippen LogP contribution in [0.15, 0.2) is 95.6 Å². The van der Waals surface area contributed by atoms with E-state index in [1.165, 1.54) is 22.3 Å². The van der Waals surface area contributed by atoms with Crippen LogP contribution in [0.5, 0.6) is 0 Å². The van der Waals surface area contributed by atoms with Crippen molar-refractivity contribution in [3.63, 3.8) is 0 Å². The van der Waals surface area contributed by atoms with Gasteiger partial charge in [0.05, 0.1) is 11.3 Å². The summed E-state index contributed by atoms with van der Waals surface area (Å²) in [4.78, 5) is 20.2. The van der Waals surface area contributed by atoms with E-state index < -0.39 is 0 Å². The van der Waals surface area contributed by atoms with E-state index in [-0.39, 0.29) is 12.2 Å². The van der Waals surface area contributed by atoms with Gasteiger partial charge in [0, 0.05) is 26.7 Å². The Morgan fingerprint density at radius 2 is 1.45 bits per heavy atom. The number of carbonyl (C=O) groups is 1. The number of hydrogen-bond donors (Lipinski definition) is 0. The molecule has 3 aliphatic heterocycles. The van der Waals surface area contributed by atoms with Crippen molar-refractivity contribution in [3.8, 4) is 0 Å². The molecule has 1 unspecified atom stereocenters. The summed E-state index contributed by atoms with van der Waals surface area (Å²) in [6.07, 6.45) is 2.89. The first kappa shape index (κ1) is 24.4. The molecule has 0 saturated carbocycles. The van der Waals surface area contributed by atoms with E-state index in [0.717, 1.165) is 56.0 Å². The molecular weight excluding hydrogens is 470 g/mol. The number of nitrogens with zero attached hydrogens (tertiary/aromatic N) is 5. The van der Waals surface area contributed by atoms with Crippen LogP contribution in [0.25, 0.3) is 5.57 Å². The molecular formula is C32H35N5O. The monoisotopic (exact) mass is 505 g/mol. The smallest absolute Gasteiger partial charge is 0.259 e. The number of hydrogen-bond acceptors (Lipinski definition) is 5. The number of rotatable bonds is 6. The summed E-state index contributed by atoms with van der Waals surface area (Å²) in [7, 11) is 1.96. The highest BCUT2D eigenvalue weighted by molar-refractivity contribution is 6.09. The van der Waals surface area contributed by atoms with Gasteiger partial charge in [-0.15, -0.1) is 0 Å². The first-order valence-corrected chi connectivity index (χ1v) is 13.6. The number of piperidine rings is 1. The number of hydrazone groups is 1. The van der Waals surface area contributed by atoms with Gasteiger partial charge in [0.15, 0.2) is 0 Å². The molecule has 1 fully saturated rings. The zero-order valence-electron chi connectivity index (χ0n) is 22.3. The highest BCUT2D eigenvalue weighted by atomic mass is 16.2. The Morgan fingerprint density at radius 1 is 0.842 bits per heavy atom. The summed E-state index contributed by atoms with van der Waals surface area (Å²) < 4.78 is 0. The summed E-state index contributed by atoms with van der Waals surface area (Å²) in [6.45, 7) is 5.81. The number of carbonyl (C=O) groups excluding carboxylic acids is 1. The zero-order chi connectivity index (χ0) is 26.1. The van der Waals surface area contributed by atoms with Crippen molar-refractivity contribution in [2.75, 3.05) is 38.1 Å². The summed E-state index contributed by atoms with van der Waals surface area (Å²) in [5, 5.41) is 6.57. The van der Waals surface area contributed by atoms with E-state index >= 15 is 0 Å². The largest absolute Gasteiger partial charge is 0.303 e. The minimum atomic E-state index is -0.187. The van der Waals surface area contributed by atoms with Gasteiger partial charge in [-0.05, 0) is 61.6 Å². The number of benzene rings is 3. The van der Waals surface area contributed by atoms with Gasteiger partial charge in [-0.3, -0.25) is 19.6 Å². The summed E-state index contributed by atoms with van der Waals surface area (Å²) in [6, 6.07) is 29.5. The molecule has 0 radical (unpaired) electrons. The number of anilines is 1. The second-order valence-electron chi connectivity index (χ2n) is 10.4. The van der Waals surface area contributed by atoms with Crippen molar-refractivity contribution in [2.24, 2.45) is 5.10 Å². The van der Waals surface area contributed by atoms with Gasteiger partial charge in [-0.25, -0.2) is 0 Å². The minimum absolute atomic E-state index is 0.0952. The predicted octanol–water partition coefficient (Wildman–Crippen LogP) is 5.50. The van der Waals surface area contributed by atoms with Crippen LogP contribution in [0.3, 0.4) is 0 Å². The van der Waals surface area contributed by atoms with Gasteiger partial charge in [0.25, 0.3) is 5.91 Å². The molecule has 194 valence electrons. The zero-order valence-corrected chi connectivity index (χ0v) is 22.3. The van der Waals surface area contributed by atoms with Crippen LogP contribution in [0, 0.1) is 0 Å². The van der Waals surface area contributed by atoms with E-state index in [2.05, 4.69) is 75.6 Å². The fourth-order valence-corrected chi connectivity index (χ4v) is 6.19. The lowest BCUT2D eigenvalue weighted by atomic mass is 9.88. The number of likely N-dealkylation sites (tertiary alicyclic amines) is 1. The fraction of sp³-hybridized carbons (Fsp3) is 0.312. The fourth-order valence-electron chi connectivity index (χ4n) is 6.19. The van der Waals surface area contributed by atoms with E-state index in [1.807, 2.05) is 48.1 Å². The van der Waals surface area contributed by atoms with Crippen LogP contribution in [0.1, 0.15) is 47.7 Å². The van der Waals surface area contributed by atoms with Crippen LogP contribution in [0.4, 0.5) is 5.69 Å². The van der Waals surface area contributed by atoms with Gasteiger partial charge in [0.1, 0.15) is 5.84 Å². The first-order chi connectivity index (χ1) is 18.6. The number of amidine groups is 1. The standard InChI is InChI=1S/C32H35N5O/c1-24-33-34(2)32-36(31(38)28-16-9-10-17-29(28)37(24)32)21-11-20-35-22-18-27(19-23-35)30(25-12-5-3-6-13-25)26-14-7-4-8-15-26/h3-10,12-17,32H,11,18-23H2,1-2H3. The third-order valence-corrected chi connectivity index (χ3v) is 7.96. The quantitative estimate of drug-likeness (QED) is 0.444. The van der Waals surface area contributed by atoms with E-state index in [1.54, 1.807) is 0 Å². The van der Waals surface area contributed by atoms with Gasteiger partial charge < -0.3 is 4.90 Å². The van der Waals surface area contributed by atoms with E-state index in [0.29, 0.717) is 6.54 Å². The van der Waals surface area contributed by atoms with E-state index in [9.17, 15) is 4.79 Å². The predicted molar refractivity (Wildman–Crippen MR) is 154 cm³/mol. The Kier molecular flexibility index (Phi) is 6.73. The maximum Gasteiger partial charge on any atom is 0.259 e. The molecule has 0 aromatic heterocycles. The highest BCUT2D eigenvalue weighted by Crippen LogP contribution is 2.36. The number of para-hydroxylation sites is 1. The molecule has 38 heavy (non-hydrogen) atoms. The number of fused-ring (bicyclic) bond motifs is 3. The minimum Gasteiger partial charge on any atom is -0.303 e. The molecule has 1 amide bonds. The lowest BCUT2D eigenvalue weighted by molar-refractivity contribution is 0.0425. The normalized spacial score (nSPS) is 19.4. The molecule has 3 heterocycles. The van der Waals surface area contributed by atoms with Gasteiger partial charge >= 0.3 is 0 Å². The molecule has 6 heteroatoms. The second-order valence-corrected chi connectivity index (χ2v) is 10.4. The SMILES string of the molecule is CC1=NN(C)C2N(CCCN3CCC(=C(c4ccccc4)c4ccccc4)CC3)C(=O)c3ccccc3N12. The Bertz CT molecular complexity index is 1320. The third-order valence-electron chi connectivity index (χ3n) is 7.96. The molecule has 0 spiro atoms. The maximum atomic E-state index is 13.5. The summed E-state index contributed by atoms with van der Waals surface area (Å²) in [5.74, 6) is 1.02. The van der Waals surface area contributed by atoms with Crippen LogP contribution in [-0.2, 0) is 0 Å². The molecule has 6 rings (SSSR count). The molecule has 6 nitrogen and oxygen atoms in total. The molecule has 0 bridgehead atoms. The molecule has 3 aromatic rings. The maximum absolute atomic E-state index is 13.5. The molecule has 1 atom stereocenters. The Morgan fingerprint density at radius 3 is 2.11 bits per heavy atom. The van der Waals surface area contributed by atoms with Crippen LogP contribution in [0.2, 0.25) is 0 Å². The summed E-state index contributed by atoms with van der Waals surface area (Å²) >= 11 is 0. The van der Waals surface area contributed by atoms with E-state index in [4.69, 9.17) is 0 Å². The van der Waals surface area contributed by atoms with Crippen molar-refractivity contribution < 1.29 is 4.79 Å².